The number of alkyl halides is 3. The number of thiol groups is 1. The number of carboxylic acid groups (broad SMARTS) is 1. The van der Waals surface area contributed by atoms with Gasteiger partial charge in [0.25, 0.3) is 0 Å². The van der Waals surface area contributed by atoms with Gasteiger partial charge in [0.1, 0.15) is 15.3 Å². The first-order valence-electron chi connectivity index (χ1n) is 7.66. The number of rotatable bonds is 5. The van der Waals surface area contributed by atoms with Crippen molar-refractivity contribution in [3.8, 4) is 20.5 Å². The SMILES string of the molecule is Cc1ccc(-c2nc(C(F)(F)F)c(-c3nc(CC(S)C(=O)O)cs3)s2)cc1. The normalized spacial score (nSPS) is 12.9. The first-order chi connectivity index (χ1) is 12.6. The average molecular weight is 430 g/mol. The first kappa shape index (κ1) is 19.8. The number of nitrogens with zero attached hydrogens (tertiary/aromatic N) is 2. The highest BCUT2D eigenvalue weighted by Gasteiger charge is 2.39. The van der Waals surface area contributed by atoms with Crippen LogP contribution in [0.15, 0.2) is 29.6 Å². The lowest BCUT2D eigenvalue weighted by atomic mass is 10.2. The summed E-state index contributed by atoms with van der Waals surface area (Å²) in [5.74, 6) is -1.11. The van der Waals surface area contributed by atoms with Gasteiger partial charge >= 0.3 is 12.1 Å². The van der Waals surface area contributed by atoms with E-state index in [2.05, 4.69) is 22.6 Å². The summed E-state index contributed by atoms with van der Waals surface area (Å²) in [6, 6.07) is 7.07. The third kappa shape index (κ3) is 4.50. The van der Waals surface area contributed by atoms with Crippen LogP contribution in [0.25, 0.3) is 20.5 Å². The second-order valence-corrected chi connectivity index (χ2v) is 8.24. The van der Waals surface area contributed by atoms with Crippen molar-refractivity contribution >= 4 is 41.3 Å². The summed E-state index contributed by atoms with van der Waals surface area (Å²) in [5, 5.41) is 9.91. The van der Waals surface area contributed by atoms with E-state index in [4.69, 9.17) is 5.11 Å². The Kier molecular flexibility index (Phi) is 5.59. The Morgan fingerprint density at radius 2 is 1.89 bits per heavy atom. The molecule has 2 aromatic heterocycles. The summed E-state index contributed by atoms with van der Waals surface area (Å²) in [5.41, 5.74) is 0.997. The van der Waals surface area contributed by atoms with Crippen LogP contribution in [0.3, 0.4) is 0 Å². The lowest BCUT2D eigenvalue weighted by Crippen LogP contribution is -2.16. The molecule has 0 aliphatic carbocycles. The molecule has 1 unspecified atom stereocenters. The van der Waals surface area contributed by atoms with Crippen molar-refractivity contribution in [3.05, 3.63) is 46.6 Å². The van der Waals surface area contributed by atoms with Crippen LogP contribution in [0.2, 0.25) is 0 Å². The highest BCUT2D eigenvalue weighted by Crippen LogP contribution is 2.44. The molecule has 0 amide bonds. The Bertz CT molecular complexity index is 965. The van der Waals surface area contributed by atoms with Gasteiger partial charge in [0, 0.05) is 17.4 Å². The molecule has 0 bridgehead atoms. The van der Waals surface area contributed by atoms with Crippen LogP contribution in [-0.4, -0.2) is 26.3 Å². The molecule has 0 radical (unpaired) electrons. The van der Waals surface area contributed by atoms with E-state index in [-0.39, 0.29) is 21.3 Å². The largest absolute Gasteiger partial charge is 0.480 e. The minimum absolute atomic E-state index is 0.0277. The van der Waals surface area contributed by atoms with Crippen molar-refractivity contribution in [3.63, 3.8) is 0 Å². The molecule has 0 aliphatic heterocycles. The highest BCUT2D eigenvalue weighted by molar-refractivity contribution is 7.81. The van der Waals surface area contributed by atoms with Gasteiger partial charge in [0.15, 0.2) is 5.69 Å². The number of carboxylic acids is 1. The Morgan fingerprint density at radius 3 is 2.48 bits per heavy atom. The predicted molar refractivity (Wildman–Crippen MR) is 103 cm³/mol. The molecule has 10 heteroatoms. The van der Waals surface area contributed by atoms with Gasteiger partial charge in [0.05, 0.1) is 10.6 Å². The minimum atomic E-state index is -4.62. The third-order valence-electron chi connectivity index (χ3n) is 3.63. The Balaban J connectivity index is 2.00. The molecule has 1 N–H and O–H groups in total. The Hall–Kier alpha value is -1.91. The van der Waals surface area contributed by atoms with Crippen LogP contribution in [0.5, 0.6) is 0 Å². The van der Waals surface area contributed by atoms with Gasteiger partial charge in [-0.2, -0.15) is 25.8 Å². The van der Waals surface area contributed by atoms with E-state index in [0.29, 0.717) is 11.3 Å². The molecule has 4 nitrogen and oxygen atoms in total. The standard InChI is InChI=1S/C17H13F3N2O2S3/c1-8-2-4-9(5-3-8)14-22-13(17(18,19)20)12(27-14)15-21-10(7-26-15)6-11(25)16(23)24/h2-5,7,11,25H,6H2,1H3,(H,23,24). The van der Waals surface area contributed by atoms with Crippen LogP contribution in [0.4, 0.5) is 13.2 Å². The maximum Gasteiger partial charge on any atom is 0.434 e. The van der Waals surface area contributed by atoms with Gasteiger partial charge < -0.3 is 5.11 Å². The highest BCUT2D eigenvalue weighted by atomic mass is 32.1. The number of aryl methyl sites for hydroxylation is 1. The molecule has 0 saturated heterocycles. The number of hydrogen-bond donors (Lipinski definition) is 2. The van der Waals surface area contributed by atoms with E-state index >= 15 is 0 Å². The van der Waals surface area contributed by atoms with E-state index in [1.807, 2.05) is 19.1 Å². The number of carbonyl (C=O) groups is 1. The van der Waals surface area contributed by atoms with Gasteiger partial charge in [-0.05, 0) is 6.92 Å². The van der Waals surface area contributed by atoms with E-state index in [0.717, 1.165) is 28.2 Å². The van der Waals surface area contributed by atoms with Crippen molar-refractivity contribution in [1.29, 1.82) is 0 Å². The van der Waals surface area contributed by atoms with Crippen LogP contribution < -0.4 is 0 Å². The summed E-state index contributed by atoms with van der Waals surface area (Å²) in [7, 11) is 0. The van der Waals surface area contributed by atoms with Crippen molar-refractivity contribution < 1.29 is 23.1 Å². The summed E-state index contributed by atoms with van der Waals surface area (Å²) in [6.07, 6.45) is -4.59. The zero-order valence-electron chi connectivity index (χ0n) is 13.8. The molecule has 0 saturated carbocycles. The second-order valence-electron chi connectivity index (χ2n) is 5.76. The molecular formula is C17H13F3N2O2S3. The predicted octanol–water partition coefficient (Wildman–Crippen LogP) is 5.19. The van der Waals surface area contributed by atoms with E-state index in [1.54, 1.807) is 17.5 Å². The van der Waals surface area contributed by atoms with E-state index in [1.165, 1.54) is 0 Å². The molecule has 3 rings (SSSR count). The molecule has 142 valence electrons. The van der Waals surface area contributed by atoms with Crippen LogP contribution in [0, 0.1) is 6.92 Å². The third-order valence-corrected chi connectivity index (χ3v) is 6.18. The molecule has 1 atom stereocenters. The number of hydrogen-bond acceptors (Lipinski definition) is 6. The van der Waals surface area contributed by atoms with Gasteiger partial charge in [0.2, 0.25) is 0 Å². The Morgan fingerprint density at radius 1 is 1.22 bits per heavy atom. The fourth-order valence-electron chi connectivity index (χ4n) is 2.27. The van der Waals surface area contributed by atoms with E-state index in [9.17, 15) is 18.0 Å². The fourth-order valence-corrected chi connectivity index (χ4v) is 4.47. The van der Waals surface area contributed by atoms with Crippen LogP contribution in [-0.2, 0) is 17.4 Å². The van der Waals surface area contributed by atoms with E-state index < -0.39 is 23.1 Å². The van der Waals surface area contributed by atoms with Crippen LogP contribution >= 0.6 is 35.3 Å². The average Bonchev–Trinajstić information content (AvgIpc) is 3.21. The lowest BCUT2D eigenvalue weighted by molar-refractivity contribution is -0.140. The van der Waals surface area contributed by atoms with Crippen molar-refractivity contribution in [2.75, 3.05) is 0 Å². The minimum Gasteiger partial charge on any atom is -0.480 e. The molecule has 0 spiro atoms. The molecule has 0 fully saturated rings. The molecule has 2 heterocycles. The molecular weight excluding hydrogens is 417 g/mol. The maximum atomic E-state index is 13.5. The molecule has 27 heavy (non-hydrogen) atoms. The van der Waals surface area contributed by atoms with Gasteiger partial charge in [-0.15, -0.1) is 22.7 Å². The van der Waals surface area contributed by atoms with Gasteiger partial charge in [-0.3, -0.25) is 4.79 Å². The zero-order chi connectivity index (χ0) is 19.8. The first-order valence-corrected chi connectivity index (χ1v) is 9.87. The number of thiazole rings is 2. The van der Waals surface area contributed by atoms with Crippen molar-refractivity contribution in [2.24, 2.45) is 0 Å². The van der Waals surface area contributed by atoms with Crippen molar-refractivity contribution in [1.82, 2.24) is 9.97 Å². The second kappa shape index (κ2) is 7.61. The van der Waals surface area contributed by atoms with Crippen LogP contribution in [0.1, 0.15) is 17.0 Å². The monoisotopic (exact) mass is 430 g/mol. The number of aromatic nitrogens is 2. The number of aliphatic carboxylic acids is 1. The summed E-state index contributed by atoms with van der Waals surface area (Å²) in [4.78, 5) is 18.8. The lowest BCUT2D eigenvalue weighted by Gasteiger charge is -2.04. The fraction of sp³-hybridized carbons (Fsp3) is 0.235. The van der Waals surface area contributed by atoms with Gasteiger partial charge in [-0.1, -0.05) is 29.8 Å². The topological polar surface area (TPSA) is 63.1 Å². The van der Waals surface area contributed by atoms with Gasteiger partial charge in [-0.25, -0.2) is 9.97 Å². The quantitative estimate of drug-likeness (QED) is 0.547. The summed E-state index contributed by atoms with van der Waals surface area (Å²) < 4.78 is 40.4. The number of halogens is 3. The molecule has 0 aliphatic rings. The Labute approximate surface area is 166 Å². The summed E-state index contributed by atoms with van der Waals surface area (Å²) >= 11 is 5.88. The zero-order valence-corrected chi connectivity index (χ0v) is 16.3. The van der Waals surface area contributed by atoms with Crippen molar-refractivity contribution in [2.45, 2.75) is 24.8 Å². The molecule has 3 aromatic rings. The maximum absolute atomic E-state index is 13.5. The summed E-state index contributed by atoms with van der Waals surface area (Å²) in [6.45, 7) is 1.89. The number of benzene rings is 1. The smallest absolute Gasteiger partial charge is 0.434 e. The molecule has 1 aromatic carbocycles.